The molecular formula is C15H26N2S. The van der Waals surface area contributed by atoms with Crippen LogP contribution in [-0.4, -0.2) is 11.5 Å². The number of thiazole rings is 1. The highest BCUT2D eigenvalue weighted by Crippen LogP contribution is 2.38. The molecule has 0 radical (unpaired) electrons. The molecule has 18 heavy (non-hydrogen) atoms. The number of nitrogens with zero attached hydrogens (tertiary/aromatic N) is 1. The van der Waals surface area contributed by atoms with E-state index in [4.69, 9.17) is 4.98 Å². The molecule has 0 bridgehead atoms. The molecule has 1 aliphatic carbocycles. The molecule has 2 nitrogen and oxygen atoms in total. The van der Waals surface area contributed by atoms with Crippen molar-refractivity contribution in [2.24, 2.45) is 5.92 Å². The van der Waals surface area contributed by atoms with E-state index in [-0.39, 0.29) is 0 Å². The van der Waals surface area contributed by atoms with Crippen molar-refractivity contribution in [3.05, 3.63) is 15.6 Å². The summed E-state index contributed by atoms with van der Waals surface area (Å²) in [5, 5.41) is 4.88. The Bertz CT molecular complexity index is 373. The molecule has 0 saturated heterocycles. The third-order valence-corrected chi connectivity index (χ3v) is 5.23. The van der Waals surface area contributed by atoms with E-state index in [1.165, 1.54) is 47.7 Å². The Morgan fingerprint density at radius 2 is 2.22 bits per heavy atom. The largest absolute Gasteiger partial charge is 0.312 e. The molecule has 1 N–H and O–H groups in total. The fourth-order valence-corrected chi connectivity index (χ4v) is 4.01. The van der Waals surface area contributed by atoms with Crippen LogP contribution in [0, 0.1) is 12.8 Å². The van der Waals surface area contributed by atoms with Gasteiger partial charge in [0.05, 0.1) is 10.7 Å². The van der Waals surface area contributed by atoms with Crippen molar-refractivity contribution < 1.29 is 0 Å². The van der Waals surface area contributed by atoms with Crippen molar-refractivity contribution in [2.45, 2.75) is 65.3 Å². The highest BCUT2D eigenvalue weighted by atomic mass is 32.1. The lowest BCUT2D eigenvalue weighted by Gasteiger charge is -2.24. The Balaban J connectivity index is 1.98. The summed E-state index contributed by atoms with van der Waals surface area (Å²) in [6.07, 6.45) is 6.68. The summed E-state index contributed by atoms with van der Waals surface area (Å²) >= 11 is 1.94. The fourth-order valence-electron chi connectivity index (χ4n) is 2.83. The van der Waals surface area contributed by atoms with Crippen LogP contribution in [0.5, 0.6) is 0 Å². The summed E-state index contributed by atoms with van der Waals surface area (Å²) in [5.41, 5.74) is 1.25. The van der Waals surface area contributed by atoms with Crippen LogP contribution in [0.3, 0.4) is 0 Å². The second-order valence-corrected chi connectivity index (χ2v) is 6.82. The van der Waals surface area contributed by atoms with Gasteiger partial charge in [0.15, 0.2) is 0 Å². The zero-order valence-corrected chi connectivity index (χ0v) is 12.8. The SMILES string of the molecule is CCCNCc1sc(C2CCCC(C)C2)nc1C. The predicted octanol–water partition coefficient (Wildman–Crippen LogP) is 4.24. The first kappa shape index (κ1) is 14.0. The van der Waals surface area contributed by atoms with Crippen molar-refractivity contribution in [3.8, 4) is 0 Å². The summed E-state index contributed by atoms with van der Waals surface area (Å²) in [4.78, 5) is 6.27. The van der Waals surface area contributed by atoms with E-state index in [1.54, 1.807) is 0 Å². The molecule has 2 unspecified atom stereocenters. The van der Waals surface area contributed by atoms with Gasteiger partial charge >= 0.3 is 0 Å². The predicted molar refractivity (Wildman–Crippen MR) is 79.2 cm³/mol. The standard InChI is InChI=1S/C15H26N2S/c1-4-8-16-10-14-12(3)17-15(18-14)13-7-5-6-11(2)9-13/h11,13,16H,4-10H2,1-3H3. The molecule has 2 rings (SSSR count). The molecule has 1 fully saturated rings. The van der Waals surface area contributed by atoms with Crippen LogP contribution < -0.4 is 5.32 Å². The van der Waals surface area contributed by atoms with Gasteiger partial charge in [-0.2, -0.15) is 0 Å². The zero-order chi connectivity index (χ0) is 13.0. The minimum Gasteiger partial charge on any atom is -0.312 e. The van der Waals surface area contributed by atoms with Gasteiger partial charge in [-0.15, -0.1) is 11.3 Å². The van der Waals surface area contributed by atoms with Crippen molar-refractivity contribution >= 4 is 11.3 Å². The van der Waals surface area contributed by atoms with Gasteiger partial charge in [-0.1, -0.05) is 26.7 Å². The average molecular weight is 266 g/mol. The smallest absolute Gasteiger partial charge is 0.0962 e. The van der Waals surface area contributed by atoms with Gasteiger partial charge in [-0.25, -0.2) is 4.98 Å². The Hall–Kier alpha value is -0.410. The van der Waals surface area contributed by atoms with Crippen LogP contribution in [0.25, 0.3) is 0 Å². The average Bonchev–Trinajstić information content (AvgIpc) is 2.72. The number of nitrogens with one attached hydrogen (secondary N) is 1. The Morgan fingerprint density at radius 3 is 2.94 bits per heavy atom. The molecule has 1 heterocycles. The van der Waals surface area contributed by atoms with Crippen molar-refractivity contribution in [1.29, 1.82) is 0 Å². The third-order valence-electron chi connectivity index (χ3n) is 3.91. The first-order valence-electron chi connectivity index (χ1n) is 7.37. The third kappa shape index (κ3) is 3.55. The van der Waals surface area contributed by atoms with Crippen LogP contribution in [-0.2, 0) is 6.54 Å². The molecule has 1 aromatic heterocycles. The molecule has 2 atom stereocenters. The molecule has 0 spiro atoms. The maximum atomic E-state index is 4.83. The topological polar surface area (TPSA) is 24.9 Å². The molecule has 102 valence electrons. The first-order chi connectivity index (χ1) is 8.70. The number of aromatic nitrogens is 1. The lowest BCUT2D eigenvalue weighted by molar-refractivity contribution is 0.343. The molecule has 1 aromatic rings. The van der Waals surface area contributed by atoms with Crippen LogP contribution in [0.2, 0.25) is 0 Å². The maximum Gasteiger partial charge on any atom is 0.0962 e. The van der Waals surface area contributed by atoms with Crippen molar-refractivity contribution in [2.75, 3.05) is 6.54 Å². The molecular weight excluding hydrogens is 240 g/mol. The Kier molecular flexibility index (Phi) is 5.19. The number of hydrogen-bond acceptors (Lipinski definition) is 3. The molecule has 1 aliphatic rings. The summed E-state index contributed by atoms with van der Waals surface area (Å²) in [6.45, 7) is 8.86. The van der Waals surface area contributed by atoms with Gasteiger partial charge < -0.3 is 5.32 Å². The van der Waals surface area contributed by atoms with Crippen LogP contribution in [0.4, 0.5) is 0 Å². The van der Waals surface area contributed by atoms with E-state index in [0.717, 1.165) is 24.9 Å². The lowest BCUT2D eigenvalue weighted by atomic mass is 9.83. The first-order valence-corrected chi connectivity index (χ1v) is 8.19. The quantitative estimate of drug-likeness (QED) is 0.806. The van der Waals surface area contributed by atoms with Gasteiger partial charge in [-0.05, 0) is 38.6 Å². The second-order valence-electron chi connectivity index (χ2n) is 5.71. The van der Waals surface area contributed by atoms with Gasteiger partial charge in [0.1, 0.15) is 0 Å². The number of hydrogen-bond donors (Lipinski definition) is 1. The molecule has 0 amide bonds. The highest BCUT2D eigenvalue weighted by molar-refractivity contribution is 7.11. The number of rotatable bonds is 5. The number of aryl methyl sites for hydroxylation is 1. The normalized spacial score (nSPS) is 24.4. The van der Waals surface area contributed by atoms with E-state index < -0.39 is 0 Å². The van der Waals surface area contributed by atoms with E-state index >= 15 is 0 Å². The second kappa shape index (κ2) is 6.67. The zero-order valence-electron chi connectivity index (χ0n) is 12.0. The monoisotopic (exact) mass is 266 g/mol. The molecule has 0 aromatic carbocycles. The van der Waals surface area contributed by atoms with E-state index in [9.17, 15) is 0 Å². The summed E-state index contributed by atoms with van der Waals surface area (Å²) in [6, 6.07) is 0. The van der Waals surface area contributed by atoms with E-state index in [0.29, 0.717) is 0 Å². The van der Waals surface area contributed by atoms with Crippen molar-refractivity contribution in [3.63, 3.8) is 0 Å². The van der Waals surface area contributed by atoms with E-state index in [2.05, 4.69) is 26.1 Å². The minimum absolute atomic E-state index is 0.734. The van der Waals surface area contributed by atoms with Crippen LogP contribution >= 0.6 is 11.3 Å². The van der Waals surface area contributed by atoms with E-state index in [1.807, 2.05) is 11.3 Å². The molecule has 0 aliphatic heterocycles. The van der Waals surface area contributed by atoms with Gasteiger partial charge in [0, 0.05) is 17.3 Å². The van der Waals surface area contributed by atoms with Crippen LogP contribution in [0.15, 0.2) is 0 Å². The minimum atomic E-state index is 0.734. The van der Waals surface area contributed by atoms with Crippen LogP contribution in [0.1, 0.15) is 67.4 Å². The van der Waals surface area contributed by atoms with Gasteiger partial charge in [-0.3, -0.25) is 0 Å². The molecule has 1 saturated carbocycles. The summed E-state index contributed by atoms with van der Waals surface area (Å²) < 4.78 is 0. The van der Waals surface area contributed by atoms with Gasteiger partial charge in [0.25, 0.3) is 0 Å². The Labute approximate surface area is 115 Å². The maximum absolute atomic E-state index is 4.83. The van der Waals surface area contributed by atoms with Gasteiger partial charge in [0.2, 0.25) is 0 Å². The summed E-state index contributed by atoms with van der Waals surface area (Å²) in [5.74, 6) is 1.62. The fraction of sp³-hybridized carbons (Fsp3) is 0.800. The highest BCUT2D eigenvalue weighted by Gasteiger charge is 2.23. The molecule has 3 heteroatoms. The lowest BCUT2D eigenvalue weighted by Crippen LogP contribution is -2.13. The summed E-state index contributed by atoms with van der Waals surface area (Å²) in [7, 11) is 0. The Morgan fingerprint density at radius 1 is 1.39 bits per heavy atom. The van der Waals surface area contributed by atoms with Crippen molar-refractivity contribution in [1.82, 2.24) is 10.3 Å².